The first kappa shape index (κ1) is 16.8. The van der Waals surface area contributed by atoms with Gasteiger partial charge in [0.1, 0.15) is 11.3 Å². The summed E-state index contributed by atoms with van der Waals surface area (Å²) in [6.07, 6.45) is 1.38. The summed E-state index contributed by atoms with van der Waals surface area (Å²) in [5.74, 6) is -0.239. The van der Waals surface area contributed by atoms with Crippen molar-refractivity contribution in [1.29, 1.82) is 0 Å². The average Bonchev–Trinajstić information content (AvgIpc) is 2.96. The second kappa shape index (κ2) is 6.80. The van der Waals surface area contributed by atoms with Crippen molar-refractivity contribution in [3.05, 3.63) is 47.3 Å². The fourth-order valence-corrected chi connectivity index (χ4v) is 2.82. The molecule has 2 heterocycles. The Bertz CT molecular complexity index is 916. The Kier molecular flexibility index (Phi) is 4.56. The minimum atomic E-state index is -1.02. The third-order valence-electron chi connectivity index (χ3n) is 4.09. The van der Waals surface area contributed by atoms with E-state index in [2.05, 4.69) is 15.4 Å². The maximum absolute atomic E-state index is 11.6. The zero-order valence-electron chi connectivity index (χ0n) is 14.4. The fourth-order valence-electron chi connectivity index (χ4n) is 2.82. The Morgan fingerprint density at radius 2 is 2.04 bits per heavy atom. The summed E-state index contributed by atoms with van der Waals surface area (Å²) in [5, 5.41) is 18.0. The van der Waals surface area contributed by atoms with E-state index < -0.39 is 5.97 Å². The number of methoxy groups -OCH3 is 1. The van der Waals surface area contributed by atoms with Gasteiger partial charge in [0.15, 0.2) is 5.65 Å². The maximum Gasteiger partial charge on any atom is 0.339 e. The molecule has 2 N–H and O–H groups in total. The van der Waals surface area contributed by atoms with E-state index in [0.717, 1.165) is 22.4 Å². The number of benzene rings is 1. The van der Waals surface area contributed by atoms with Gasteiger partial charge in [-0.25, -0.2) is 14.5 Å². The molecule has 0 aliphatic rings. The van der Waals surface area contributed by atoms with Gasteiger partial charge in [-0.2, -0.15) is 5.10 Å². The van der Waals surface area contributed by atoms with E-state index >= 15 is 0 Å². The number of fused-ring (bicyclic) bond motifs is 1. The minimum absolute atomic E-state index is 0.139. The van der Waals surface area contributed by atoms with E-state index in [1.54, 1.807) is 11.8 Å². The van der Waals surface area contributed by atoms with Crippen molar-refractivity contribution in [2.75, 3.05) is 12.4 Å². The molecule has 2 aromatic heterocycles. The summed E-state index contributed by atoms with van der Waals surface area (Å²) >= 11 is 0. The van der Waals surface area contributed by atoms with Crippen molar-refractivity contribution in [1.82, 2.24) is 14.8 Å². The van der Waals surface area contributed by atoms with Gasteiger partial charge in [0, 0.05) is 19.3 Å². The SMILES string of the molecule is CCn1nc(C)c2c(NCc3ccc(OC)cc3)c(C(=O)O)cnc21. The normalized spacial score (nSPS) is 10.8. The molecule has 0 atom stereocenters. The monoisotopic (exact) mass is 340 g/mol. The van der Waals surface area contributed by atoms with Crippen LogP contribution in [0.3, 0.4) is 0 Å². The van der Waals surface area contributed by atoms with Crippen molar-refractivity contribution < 1.29 is 14.6 Å². The van der Waals surface area contributed by atoms with Crippen LogP contribution in [-0.4, -0.2) is 33.0 Å². The van der Waals surface area contributed by atoms with Gasteiger partial charge in [0.25, 0.3) is 0 Å². The van der Waals surface area contributed by atoms with E-state index in [-0.39, 0.29) is 5.56 Å². The Morgan fingerprint density at radius 3 is 2.64 bits per heavy atom. The summed E-state index contributed by atoms with van der Waals surface area (Å²) in [6, 6.07) is 7.62. The number of anilines is 1. The zero-order chi connectivity index (χ0) is 18.0. The van der Waals surface area contributed by atoms with Gasteiger partial charge in [-0.15, -0.1) is 0 Å². The van der Waals surface area contributed by atoms with Crippen LogP contribution in [0.4, 0.5) is 5.69 Å². The molecule has 0 bridgehead atoms. The molecule has 0 aliphatic heterocycles. The van der Waals surface area contributed by atoms with Gasteiger partial charge in [-0.05, 0) is 31.5 Å². The Hall–Kier alpha value is -3.09. The number of aromatic nitrogens is 3. The van der Waals surface area contributed by atoms with Crippen molar-refractivity contribution >= 4 is 22.7 Å². The molecular formula is C18H20N4O3. The summed E-state index contributed by atoms with van der Waals surface area (Å²) in [5.41, 5.74) is 3.14. The number of hydrogen-bond acceptors (Lipinski definition) is 5. The molecule has 130 valence electrons. The first-order chi connectivity index (χ1) is 12.0. The standard InChI is InChI=1S/C18H20N4O3/c1-4-22-17-15(11(2)21-22)16(14(10-20-17)18(23)24)19-9-12-5-7-13(25-3)8-6-12/h5-8,10H,4,9H2,1-3H3,(H,19,20)(H,23,24). The van der Waals surface area contributed by atoms with Gasteiger partial charge < -0.3 is 15.2 Å². The van der Waals surface area contributed by atoms with E-state index in [1.807, 2.05) is 38.1 Å². The summed E-state index contributed by atoms with van der Waals surface area (Å²) < 4.78 is 6.93. The quantitative estimate of drug-likeness (QED) is 0.717. The number of aromatic carboxylic acids is 1. The molecule has 25 heavy (non-hydrogen) atoms. The highest BCUT2D eigenvalue weighted by atomic mass is 16.5. The second-order valence-corrected chi connectivity index (χ2v) is 5.65. The molecule has 0 spiro atoms. The van der Waals surface area contributed by atoms with Crippen LogP contribution in [0.25, 0.3) is 11.0 Å². The number of hydrogen-bond donors (Lipinski definition) is 2. The van der Waals surface area contributed by atoms with Crippen LogP contribution < -0.4 is 10.1 Å². The largest absolute Gasteiger partial charge is 0.497 e. The highest BCUT2D eigenvalue weighted by Gasteiger charge is 2.19. The van der Waals surface area contributed by atoms with E-state index in [4.69, 9.17) is 4.74 Å². The van der Waals surface area contributed by atoms with E-state index in [9.17, 15) is 9.90 Å². The molecule has 3 aromatic rings. The van der Waals surface area contributed by atoms with Gasteiger partial charge in [0.05, 0.1) is 23.9 Å². The number of pyridine rings is 1. The lowest BCUT2D eigenvalue weighted by molar-refractivity contribution is 0.0697. The van der Waals surface area contributed by atoms with Crippen LogP contribution in [-0.2, 0) is 13.1 Å². The van der Waals surface area contributed by atoms with Crippen LogP contribution in [0.1, 0.15) is 28.5 Å². The molecule has 0 aliphatic carbocycles. The zero-order valence-corrected chi connectivity index (χ0v) is 14.4. The molecule has 7 nitrogen and oxygen atoms in total. The van der Waals surface area contributed by atoms with E-state index in [1.165, 1.54) is 6.20 Å². The minimum Gasteiger partial charge on any atom is -0.497 e. The fraction of sp³-hybridized carbons (Fsp3) is 0.278. The van der Waals surface area contributed by atoms with Crippen molar-refractivity contribution in [2.45, 2.75) is 26.9 Å². The lowest BCUT2D eigenvalue weighted by Crippen LogP contribution is -2.08. The predicted octanol–water partition coefficient (Wildman–Crippen LogP) is 3.08. The summed E-state index contributed by atoms with van der Waals surface area (Å²) in [6.45, 7) is 4.99. The van der Waals surface area contributed by atoms with Crippen molar-refractivity contribution in [3.63, 3.8) is 0 Å². The molecule has 0 radical (unpaired) electrons. The second-order valence-electron chi connectivity index (χ2n) is 5.65. The van der Waals surface area contributed by atoms with Gasteiger partial charge in [-0.1, -0.05) is 12.1 Å². The summed E-state index contributed by atoms with van der Waals surface area (Å²) in [4.78, 5) is 15.9. The topological polar surface area (TPSA) is 89.3 Å². The first-order valence-corrected chi connectivity index (χ1v) is 8.01. The van der Waals surface area contributed by atoms with Crippen LogP contribution in [0.15, 0.2) is 30.5 Å². The number of carboxylic acid groups (broad SMARTS) is 1. The number of carbonyl (C=O) groups is 1. The number of carboxylic acids is 1. The molecule has 0 unspecified atom stereocenters. The lowest BCUT2D eigenvalue weighted by atomic mass is 10.1. The molecule has 0 saturated carbocycles. The molecule has 3 rings (SSSR count). The highest BCUT2D eigenvalue weighted by molar-refractivity contribution is 6.04. The average molecular weight is 340 g/mol. The third-order valence-corrected chi connectivity index (χ3v) is 4.09. The van der Waals surface area contributed by atoms with Gasteiger partial charge >= 0.3 is 5.97 Å². The number of nitrogens with one attached hydrogen (secondary N) is 1. The number of rotatable bonds is 6. The predicted molar refractivity (Wildman–Crippen MR) is 95.2 cm³/mol. The first-order valence-electron chi connectivity index (χ1n) is 8.01. The smallest absolute Gasteiger partial charge is 0.339 e. The van der Waals surface area contributed by atoms with Crippen molar-refractivity contribution in [3.8, 4) is 5.75 Å². The molecule has 0 amide bonds. The molecule has 1 aromatic carbocycles. The molecule has 7 heteroatoms. The Labute approximate surface area is 145 Å². The highest BCUT2D eigenvalue weighted by Crippen LogP contribution is 2.29. The lowest BCUT2D eigenvalue weighted by Gasteiger charge is -2.12. The van der Waals surface area contributed by atoms with Crippen LogP contribution in [0.5, 0.6) is 5.75 Å². The van der Waals surface area contributed by atoms with Gasteiger partial charge in [0.2, 0.25) is 0 Å². The van der Waals surface area contributed by atoms with Crippen LogP contribution >= 0.6 is 0 Å². The van der Waals surface area contributed by atoms with Crippen LogP contribution in [0, 0.1) is 6.92 Å². The molecule has 0 fully saturated rings. The van der Waals surface area contributed by atoms with Gasteiger partial charge in [-0.3, -0.25) is 0 Å². The molecule has 0 saturated heterocycles. The Balaban J connectivity index is 2.01. The Morgan fingerprint density at radius 1 is 1.32 bits per heavy atom. The number of aryl methyl sites for hydroxylation is 2. The third kappa shape index (κ3) is 3.13. The summed E-state index contributed by atoms with van der Waals surface area (Å²) in [7, 11) is 1.62. The molecular weight excluding hydrogens is 320 g/mol. The maximum atomic E-state index is 11.6. The number of nitrogens with zero attached hydrogens (tertiary/aromatic N) is 3. The van der Waals surface area contributed by atoms with Crippen molar-refractivity contribution in [2.24, 2.45) is 0 Å². The van der Waals surface area contributed by atoms with E-state index in [0.29, 0.717) is 24.4 Å². The van der Waals surface area contributed by atoms with Crippen LogP contribution in [0.2, 0.25) is 0 Å². The number of ether oxygens (including phenoxy) is 1.